The Balaban J connectivity index is 1.56. The number of hydrogen-bond donors (Lipinski definition) is 1. The van der Waals surface area contributed by atoms with E-state index in [2.05, 4.69) is 15.5 Å². The molecule has 106 valence electrons. The van der Waals surface area contributed by atoms with E-state index in [1.807, 2.05) is 0 Å². The molecule has 3 rings (SSSR count). The standard InChI is InChI=1S/C14H23N3O2/c1-18-14(5-3-6-14)9-13-16-12(17-19-13)8-11-4-2-7-15-10-11/h11,15H,2-10H2,1H3. The smallest absolute Gasteiger partial charge is 0.229 e. The van der Waals surface area contributed by atoms with Crippen molar-refractivity contribution in [3.63, 3.8) is 0 Å². The van der Waals surface area contributed by atoms with Gasteiger partial charge in [0.2, 0.25) is 5.89 Å². The molecule has 1 saturated heterocycles. The van der Waals surface area contributed by atoms with Gasteiger partial charge in [-0.2, -0.15) is 4.98 Å². The van der Waals surface area contributed by atoms with Gasteiger partial charge in [-0.3, -0.25) is 0 Å². The highest BCUT2D eigenvalue weighted by atomic mass is 16.5. The Bertz CT molecular complexity index is 403. The third kappa shape index (κ3) is 2.98. The van der Waals surface area contributed by atoms with Gasteiger partial charge in [-0.1, -0.05) is 5.16 Å². The summed E-state index contributed by atoms with van der Waals surface area (Å²) in [6.45, 7) is 2.22. The maximum absolute atomic E-state index is 5.60. The quantitative estimate of drug-likeness (QED) is 0.878. The van der Waals surface area contributed by atoms with Gasteiger partial charge in [0.25, 0.3) is 0 Å². The molecule has 0 aromatic carbocycles. The van der Waals surface area contributed by atoms with Gasteiger partial charge in [0.15, 0.2) is 5.82 Å². The van der Waals surface area contributed by atoms with E-state index in [0.29, 0.717) is 5.92 Å². The largest absolute Gasteiger partial charge is 0.378 e. The number of hydrogen-bond acceptors (Lipinski definition) is 5. The fourth-order valence-electron chi connectivity index (χ4n) is 3.10. The molecular weight excluding hydrogens is 242 g/mol. The molecule has 1 aromatic rings. The van der Waals surface area contributed by atoms with Crippen molar-refractivity contribution >= 4 is 0 Å². The van der Waals surface area contributed by atoms with Gasteiger partial charge in [-0.05, 0) is 51.1 Å². The van der Waals surface area contributed by atoms with E-state index < -0.39 is 0 Å². The second-order valence-electron chi connectivity index (χ2n) is 5.94. The zero-order valence-corrected chi connectivity index (χ0v) is 11.7. The van der Waals surface area contributed by atoms with E-state index in [1.54, 1.807) is 7.11 Å². The molecule has 5 heteroatoms. The van der Waals surface area contributed by atoms with Crippen LogP contribution >= 0.6 is 0 Å². The minimum Gasteiger partial charge on any atom is -0.378 e. The van der Waals surface area contributed by atoms with Gasteiger partial charge in [0, 0.05) is 13.5 Å². The molecule has 2 heterocycles. The average Bonchev–Trinajstić information content (AvgIpc) is 2.82. The fourth-order valence-corrected chi connectivity index (χ4v) is 3.10. The zero-order valence-electron chi connectivity index (χ0n) is 11.7. The van der Waals surface area contributed by atoms with Crippen LogP contribution < -0.4 is 5.32 Å². The molecule has 1 aliphatic carbocycles. The highest BCUT2D eigenvalue weighted by Crippen LogP contribution is 2.37. The molecule has 2 fully saturated rings. The van der Waals surface area contributed by atoms with Crippen molar-refractivity contribution in [3.05, 3.63) is 11.7 Å². The number of nitrogens with one attached hydrogen (secondary N) is 1. The first kappa shape index (κ1) is 13.1. The summed E-state index contributed by atoms with van der Waals surface area (Å²) >= 11 is 0. The van der Waals surface area contributed by atoms with Crippen LogP contribution in [0.25, 0.3) is 0 Å². The van der Waals surface area contributed by atoms with Gasteiger partial charge in [-0.15, -0.1) is 0 Å². The van der Waals surface area contributed by atoms with Crippen molar-refractivity contribution in [2.24, 2.45) is 5.92 Å². The topological polar surface area (TPSA) is 60.2 Å². The number of methoxy groups -OCH3 is 1. The monoisotopic (exact) mass is 265 g/mol. The first-order valence-corrected chi connectivity index (χ1v) is 7.37. The first-order chi connectivity index (χ1) is 9.30. The Morgan fingerprint density at radius 3 is 2.95 bits per heavy atom. The molecule has 1 N–H and O–H groups in total. The fraction of sp³-hybridized carbons (Fsp3) is 0.857. The Hall–Kier alpha value is -0.940. The first-order valence-electron chi connectivity index (χ1n) is 7.37. The Kier molecular flexibility index (Phi) is 3.84. The van der Waals surface area contributed by atoms with Gasteiger partial charge < -0.3 is 14.6 Å². The average molecular weight is 265 g/mol. The van der Waals surface area contributed by atoms with Crippen LogP contribution in [0.4, 0.5) is 0 Å². The molecule has 5 nitrogen and oxygen atoms in total. The van der Waals surface area contributed by atoms with Gasteiger partial charge in [0.05, 0.1) is 12.0 Å². The summed E-state index contributed by atoms with van der Waals surface area (Å²) in [5.41, 5.74) is -0.0316. The maximum atomic E-state index is 5.60. The van der Waals surface area contributed by atoms with Gasteiger partial charge in [-0.25, -0.2) is 0 Å². The van der Waals surface area contributed by atoms with Crippen LogP contribution in [0.1, 0.15) is 43.8 Å². The minimum absolute atomic E-state index is 0.0316. The molecule has 0 spiro atoms. The third-order valence-corrected chi connectivity index (χ3v) is 4.55. The third-order valence-electron chi connectivity index (χ3n) is 4.55. The Labute approximate surface area is 114 Å². The number of rotatable bonds is 5. The second-order valence-corrected chi connectivity index (χ2v) is 5.94. The molecule has 19 heavy (non-hydrogen) atoms. The summed E-state index contributed by atoms with van der Waals surface area (Å²) in [5, 5.41) is 7.54. The number of nitrogens with zero attached hydrogens (tertiary/aromatic N) is 2. The van der Waals surface area contributed by atoms with Crippen LogP contribution in [0, 0.1) is 5.92 Å². The lowest BCUT2D eigenvalue weighted by molar-refractivity contribution is -0.0751. The zero-order chi connectivity index (χ0) is 13.1. The SMILES string of the molecule is COC1(Cc2nc(CC3CCCNC3)no2)CCC1. The molecule has 1 saturated carbocycles. The maximum Gasteiger partial charge on any atom is 0.229 e. The lowest BCUT2D eigenvalue weighted by Gasteiger charge is -2.39. The highest BCUT2D eigenvalue weighted by molar-refractivity contribution is 4.99. The van der Waals surface area contributed by atoms with Crippen LogP contribution in [-0.4, -0.2) is 35.9 Å². The van der Waals surface area contributed by atoms with Crippen molar-refractivity contribution in [3.8, 4) is 0 Å². The van der Waals surface area contributed by atoms with E-state index in [0.717, 1.165) is 50.5 Å². The van der Waals surface area contributed by atoms with Gasteiger partial charge >= 0.3 is 0 Å². The summed E-state index contributed by atoms with van der Waals surface area (Å²) in [4.78, 5) is 4.53. The van der Waals surface area contributed by atoms with Crippen LogP contribution in [0.5, 0.6) is 0 Å². The predicted octanol–water partition coefficient (Wildman–Crippen LogP) is 1.72. The normalized spacial score (nSPS) is 26.1. The summed E-state index contributed by atoms with van der Waals surface area (Å²) in [6, 6.07) is 0. The lowest BCUT2D eigenvalue weighted by Crippen LogP contribution is -2.41. The molecule has 1 unspecified atom stereocenters. The summed E-state index contributed by atoms with van der Waals surface area (Å²) in [7, 11) is 1.78. The van der Waals surface area contributed by atoms with E-state index in [4.69, 9.17) is 9.26 Å². The van der Waals surface area contributed by atoms with Crippen LogP contribution in [0.3, 0.4) is 0 Å². The highest BCUT2D eigenvalue weighted by Gasteiger charge is 2.38. The van der Waals surface area contributed by atoms with E-state index in [-0.39, 0.29) is 5.60 Å². The van der Waals surface area contributed by atoms with Crippen molar-refractivity contribution in [1.29, 1.82) is 0 Å². The van der Waals surface area contributed by atoms with Crippen LogP contribution in [0.15, 0.2) is 4.52 Å². The van der Waals surface area contributed by atoms with Crippen LogP contribution in [-0.2, 0) is 17.6 Å². The number of aromatic nitrogens is 2. The van der Waals surface area contributed by atoms with E-state index in [9.17, 15) is 0 Å². The van der Waals surface area contributed by atoms with E-state index in [1.165, 1.54) is 19.3 Å². The predicted molar refractivity (Wildman–Crippen MR) is 70.9 cm³/mol. The van der Waals surface area contributed by atoms with Crippen LogP contribution in [0.2, 0.25) is 0 Å². The van der Waals surface area contributed by atoms with Crippen molar-refractivity contribution < 1.29 is 9.26 Å². The number of piperidine rings is 1. The molecule has 0 bridgehead atoms. The van der Waals surface area contributed by atoms with Crippen molar-refractivity contribution in [1.82, 2.24) is 15.5 Å². The van der Waals surface area contributed by atoms with Crippen molar-refractivity contribution in [2.45, 2.75) is 50.5 Å². The second kappa shape index (κ2) is 5.59. The van der Waals surface area contributed by atoms with Gasteiger partial charge in [0.1, 0.15) is 0 Å². The van der Waals surface area contributed by atoms with Crippen molar-refractivity contribution in [2.75, 3.05) is 20.2 Å². The molecule has 0 radical (unpaired) electrons. The van der Waals surface area contributed by atoms with E-state index >= 15 is 0 Å². The lowest BCUT2D eigenvalue weighted by atomic mass is 9.77. The molecule has 1 atom stereocenters. The Morgan fingerprint density at radius 2 is 2.32 bits per heavy atom. The molecular formula is C14H23N3O2. The molecule has 1 aliphatic heterocycles. The summed E-state index contributed by atoms with van der Waals surface area (Å²) in [6.07, 6.45) is 7.65. The summed E-state index contributed by atoms with van der Waals surface area (Å²) in [5.74, 6) is 2.24. The minimum atomic E-state index is -0.0316. The molecule has 0 amide bonds. The number of ether oxygens (including phenoxy) is 1. The molecule has 1 aromatic heterocycles. The molecule has 2 aliphatic rings. The Morgan fingerprint density at radius 1 is 1.42 bits per heavy atom. The summed E-state index contributed by atoms with van der Waals surface area (Å²) < 4.78 is 11.0.